The second-order valence-electron chi connectivity index (χ2n) is 6.18. The third-order valence-electron chi connectivity index (χ3n) is 4.21. The zero-order valence-corrected chi connectivity index (χ0v) is 15.3. The largest absolute Gasteiger partial charge is 0.356 e. The topological polar surface area (TPSA) is 56.3 Å². The van der Waals surface area contributed by atoms with Crippen LogP contribution in [0, 0.1) is 0 Å². The van der Waals surface area contributed by atoms with E-state index < -0.39 is 0 Å². The molecule has 2 N–H and O–H groups in total. The number of aromatic amines is 1. The van der Waals surface area contributed by atoms with Crippen molar-refractivity contribution in [2.24, 2.45) is 4.99 Å². The van der Waals surface area contributed by atoms with Crippen molar-refractivity contribution in [3.05, 3.63) is 78.2 Å². The van der Waals surface area contributed by atoms with Crippen molar-refractivity contribution in [3.63, 3.8) is 0 Å². The number of aromatic nitrogens is 2. The summed E-state index contributed by atoms with van der Waals surface area (Å²) < 4.78 is 0. The predicted octanol–water partition coefficient (Wildman–Crippen LogP) is 3.33. The fourth-order valence-electron chi connectivity index (χ4n) is 2.85. The molecule has 3 rings (SSSR count). The Morgan fingerprint density at radius 3 is 2.46 bits per heavy atom. The van der Waals surface area contributed by atoms with Crippen LogP contribution in [0.5, 0.6) is 0 Å². The number of benzene rings is 2. The summed E-state index contributed by atoms with van der Waals surface area (Å²) >= 11 is 0. The molecule has 0 atom stereocenters. The van der Waals surface area contributed by atoms with Gasteiger partial charge in [0, 0.05) is 20.6 Å². The van der Waals surface area contributed by atoms with E-state index in [2.05, 4.69) is 61.6 Å². The lowest BCUT2D eigenvalue weighted by Crippen LogP contribution is -2.39. The monoisotopic (exact) mass is 347 g/mol. The number of aliphatic imine (C=N–C) groups is 1. The molecule has 3 aromatic rings. The highest BCUT2D eigenvalue weighted by Crippen LogP contribution is 2.16. The summed E-state index contributed by atoms with van der Waals surface area (Å²) in [6.07, 6.45) is 2.84. The molecule has 0 radical (unpaired) electrons. The van der Waals surface area contributed by atoms with E-state index in [9.17, 15) is 0 Å². The van der Waals surface area contributed by atoms with Gasteiger partial charge in [0.25, 0.3) is 0 Å². The van der Waals surface area contributed by atoms with Gasteiger partial charge in [-0.05, 0) is 17.5 Å². The lowest BCUT2D eigenvalue weighted by Gasteiger charge is -2.21. The summed E-state index contributed by atoms with van der Waals surface area (Å²) in [6, 6.07) is 20.7. The predicted molar refractivity (Wildman–Crippen MR) is 107 cm³/mol. The fraction of sp³-hybridized carbons (Fsp3) is 0.238. The first-order valence-corrected chi connectivity index (χ1v) is 8.81. The van der Waals surface area contributed by atoms with Crippen molar-refractivity contribution in [1.29, 1.82) is 0 Å². The van der Waals surface area contributed by atoms with Gasteiger partial charge in [-0.1, -0.05) is 60.7 Å². The molecule has 5 heteroatoms. The highest BCUT2D eigenvalue weighted by Gasteiger charge is 2.09. The van der Waals surface area contributed by atoms with E-state index in [1.165, 1.54) is 5.56 Å². The smallest absolute Gasteiger partial charge is 0.193 e. The van der Waals surface area contributed by atoms with E-state index in [0.717, 1.165) is 36.0 Å². The van der Waals surface area contributed by atoms with Gasteiger partial charge in [0.05, 0.1) is 18.4 Å². The molecule has 0 bridgehead atoms. The fourth-order valence-corrected chi connectivity index (χ4v) is 2.85. The summed E-state index contributed by atoms with van der Waals surface area (Å²) in [7, 11) is 3.82. The molecule has 26 heavy (non-hydrogen) atoms. The van der Waals surface area contributed by atoms with E-state index in [1.807, 2.05) is 37.5 Å². The van der Waals surface area contributed by atoms with E-state index in [0.29, 0.717) is 6.54 Å². The van der Waals surface area contributed by atoms with Crippen LogP contribution in [0.25, 0.3) is 11.3 Å². The van der Waals surface area contributed by atoms with Crippen LogP contribution in [0.3, 0.4) is 0 Å². The molecule has 0 saturated heterocycles. The first kappa shape index (κ1) is 17.7. The van der Waals surface area contributed by atoms with Crippen molar-refractivity contribution in [3.8, 4) is 11.3 Å². The zero-order valence-electron chi connectivity index (χ0n) is 15.3. The Bertz CT molecular complexity index is 824. The Morgan fingerprint density at radius 2 is 1.77 bits per heavy atom. The summed E-state index contributed by atoms with van der Waals surface area (Å²) in [5.41, 5.74) is 3.48. The molecule has 5 nitrogen and oxygen atoms in total. The molecule has 2 aromatic carbocycles. The molecule has 0 fully saturated rings. The van der Waals surface area contributed by atoms with Gasteiger partial charge in [-0.2, -0.15) is 0 Å². The van der Waals surface area contributed by atoms with Crippen molar-refractivity contribution in [2.45, 2.75) is 13.0 Å². The second kappa shape index (κ2) is 8.85. The van der Waals surface area contributed by atoms with Gasteiger partial charge < -0.3 is 15.2 Å². The van der Waals surface area contributed by atoms with Crippen LogP contribution in [0.4, 0.5) is 0 Å². The summed E-state index contributed by atoms with van der Waals surface area (Å²) in [6.45, 7) is 1.51. The third kappa shape index (κ3) is 4.72. The minimum absolute atomic E-state index is 0.665. The van der Waals surface area contributed by atoms with Gasteiger partial charge in [0.2, 0.25) is 0 Å². The van der Waals surface area contributed by atoms with Crippen molar-refractivity contribution in [1.82, 2.24) is 20.2 Å². The number of nitrogens with one attached hydrogen (secondary N) is 2. The minimum atomic E-state index is 0.665. The van der Waals surface area contributed by atoms with Crippen LogP contribution in [0.1, 0.15) is 11.4 Å². The van der Waals surface area contributed by atoms with Crippen LogP contribution in [0.2, 0.25) is 0 Å². The van der Waals surface area contributed by atoms with Crippen LogP contribution in [-0.4, -0.2) is 41.5 Å². The van der Waals surface area contributed by atoms with Crippen LogP contribution in [-0.2, 0) is 13.0 Å². The lowest BCUT2D eigenvalue weighted by atomic mass is 10.1. The van der Waals surface area contributed by atoms with E-state index in [-0.39, 0.29) is 0 Å². The maximum atomic E-state index is 4.50. The van der Waals surface area contributed by atoms with Gasteiger partial charge in [-0.25, -0.2) is 4.98 Å². The quantitative estimate of drug-likeness (QED) is 0.531. The van der Waals surface area contributed by atoms with Crippen molar-refractivity contribution >= 4 is 5.96 Å². The zero-order chi connectivity index (χ0) is 18.2. The number of hydrogen-bond acceptors (Lipinski definition) is 2. The van der Waals surface area contributed by atoms with Gasteiger partial charge in [-0.3, -0.25) is 4.99 Å². The number of rotatable bonds is 6. The molecule has 134 valence electrons. The SMILES string of the molecule is CN=C(NCCc1ccccc1)N(C)Cc1ncc(-c2ccccc2)[nH]1. The molecule has 1 aromatic heterocycles. The molecule has 0 unspecified atom stereocenters. The summed E-state index contributed by atoms with van der Waals surface area (Å²) in [4.78, 5) is 14.3. The number of H-pyrrole nitrogens is 1. The number of nitrogens with zero attached hydrogens (tertiary/aromatic N) is 3. The standard InChI is InChI=1S/C21H25N5/c1-22-21(23-14-13-17-9-5-3-6-10-17)26(2)16-20-24-15-19(25-20)18-11-7-4-8-12-18/h3-12,15H,13-14,16H2,1-2H3,(H,22,23)(H,24,25). The molecule has 0 aliphatic carbocycles. The van der Waals surface area contributed by atoms with Crippen LogP contribution < -0.4 is 5.32 Å². The van der Waals surface area contributed by atoms with E-state index in [4.69, 9.17) is 0 Å². The van der Waals surface area contributed by atoms with Crippen LogP contribution in [0.15, 0.2) is 71.9 Å². The minimum Gasteiger partial charge on any atom is -0.356 e. The van der Waals surface area contributed by atoms with Gasteiger partial charge in [-0.15, -0.1) is 0 Å². The van der Waals surface area contributed by atoms with E-state index >= 15 is 0 Å². The molecule has 0 saturated carbocycles. The maximum Gasteiger partial charge on any atom is 0.193 e. The van der Waals surface area contributed by atoms with Gasteiger partial charge >= 0.3 is 0 Å². The molecule has 0 amide bonds. The van der Waals surface area contributed by atoms with Crippen LogP contribution >= 0.6 is 0 Å². The number of hydrogen-bond donors (Lipinski definition) is 2. The normalized spacial score (nSPS) is 11.4. The Balaban J connectivity index is 1.54. The highest BCUT2D eigenvalue weighted by molar-refractivity contribution is 5.79. The summed E-state index contributed by atoms with van der Waals surface area (Å²) in [5.74, 6) is 1.77. The van der Waals surface area contributed by atoms with Crippen molar-refractivity contribution < 1.29 is 0 Å². The molecule has 0 spiro atoms. The second-order valence-corrected chi connectivity index (χ2v) is 6.18. The Kier molecular flexibility index (Phi) is 6.04. The molecule has 0 aliphatic rings. The van der Waals surface area contributed by atoms with E-state index in [1.54, 1.807) is 7.05 Å². The van der Waals surface area contributed by atoms with Gasteiger partial charge in [0.15, 0.2) is 5.96 Å². The molecule has 0 aliphatic heterocycles. The molecule has 1 heterocycles. The highest BCUT2D eigenvalue weighted by atomic mass is 15.3. The first-order valence-electron chi connectivity index (χ1n) is 8.81. The number of imidazole rings is 1. The van der Waals surface area contributed by atoms with Gasteiger partial charge in [0.1, 0.15) is 5.82 Å². The lowest BCUT2D eigenvalue weighted by molar-refractivity contribution is 0.464. The Hall–Kier alpha value is -3.08. The third-order valence-corrected chi connectivity index (χ3v) is 4.21. The molecular formula is C21H25N5. The summed E-state index contributed by atoms with van der Waals surface area (Å²) in [5, 5.41) is 3.41. The maximum absolute atomic E-state index is 4.50. The molecular weight excluding hydrogens is 322 g/mol. The average molecular weight is 347 g/mol. The first-order chi connectivity index (χ1) is 12.8. The van der Waals surface area contributed by atoms with Crippen molar-refractivity contribution in [2.75, 3.05) is 20.6 Å². The average Bonchev–Trinajstić information content (AvgIpc) is 3.15. The Labute approximate surface area is 154 Å². The number of guanidine groups is 1. The Morgan fingerprint density at radius 1 is 1.08 bits per heavy atom.